The van der Waals surface area contributed by atoms with Gasteiger partial charge in [-0.05, 0) is 25.3 Å². The number of hydrogen-bond donors (Lipinski definition) is 1. The topological polar surface area (TPSA) is 59.9 Å². The van der Waals surface area contributed by atoms with E-state index in [-0.39, 0.29) is 0 Å². The second kappa shape index (κ2) is 5.22. The third-order valence-electron chi connectivity index (χ3n) is 3.36. The largest absolute Gasteiger partial charge is 0.481 e. The molecule has 2 aromatic rings. The Morgan fingerprint density at radius 1 is 1.26 bits per heavy atom. The number of ether oxygens (including phenoxy) is 1. The average molecular weight is 256 g/mol. The van der Waals surface area contributed by atoms with Crippen molar-refractivity contribution in [2.24, 2.45) is 0 Å². The summed E-state index contributed by atoms with van der Waals surface area (Å²) in [5.74, 6) is 1.59. The minimum absolute atomic E-state index is 0.653. The molecule has 0 saturated carbocycles. The molecule has 5 heteroatoms. The number of fused-ring (bicyclic) bond motifs is 1. The van der Waals surface area contributed by atoms with Crippen molar-refractivity contribution < 1.29 is 4.74 Å². The Balaban J connectivity index is 1.78. The Kier molecular flexibility index (Phi) is 3.27. The van der Waals surface area contributed by atoms with E-state index in [1.165, 1.54) is 17.7 Å². The molecule has 0 bridgehead atoms. The van der Waals surface area contributed by atoms with Gasteiger partial charge in [0.25, 0.3) is 0 Å². The molecule has 0 fully saturated rings. The van der Waals surface area contributed by atoms with Crippen LogP contribution in [0.2, 0.25) is 0 Å². The Morgan fingerprint density at radius 2 is 2.21 bits per heavy atom. The molecule has 0 aromatic carbocycles. The van der Waals surface area contributed by atoms with Crippen LogP contribution in [0.5, 0.6) is 5.88 Å². The second-order valence-electron chi connectivity index (χ2n) is 4.53. The van der Waals surface area contributed by atoms with Crippen molar-refractivity contribution in [1.29, 1.82) is 0 Å². The standard InChI is InChI=1S/C14H16N4O/c1-19-14-10(4-3-7-15-14)8-16-13-11-5-2-6-12(11)17-9-18-13/h3-4,7,9H,2,5-6,8H2,1H3,(H,16,17,18). The van der Waals surface area contributed by atoms with Crippen molar-refractivity contribution in [2.75, 3.05) is 12.4 Å². The first kappa shape index (κ1) is 11.9. The maximum Gasteiger partial charge on any atom is 0.218 e. The number of nitrogens with zero attached hydrogens (tertiary/aromatic N) is 3. The lowest BCUT2D eigenvalue weighted by Crippen LogP contribution is -2.07. The summed E-state index contributed by atoms with van der Waals surface area (Å²) in [6.07, 6.45) is 6.64. The molecule has 0 saturated heterocycles. The molecular formula is C14H16N4O. The van der Waals surface area contributed by atoms with Gasteiger partial charge in [0.2, 0.25) is 5.88 Å². The summed E-state index contributed by atoms with van der Waals surface area (Å²) in [4.78, 5) is 12.8. The number of nitrogens with one attached hydrogen (secondary N) is 1. The summed E-state index contributed by atoms with van der Waals surface area (Å²) in [6, 6.07) is 3.91. The number of rotatable bonds is 4. The Labute approximate surface area is 112 Å². The van der Waals surface area contributed by atoms with E-state index in [0.29, 0.717) is 12.4 Å². The Bertz CT molecular complexity index is 585. The van der Waals surface area contributed by atoms with E-state index in [1.807, 2.05) is 12.1 Å². The normalized spacial score (nSPS) is 13.1. The molecule has 1 aliphatic carbocycles. The molecule has 5 nitrogen and oxygen atoms in total. The predicted octanol–water partition coefficient (Wildman–Crippen LogP) is 1.98. The minimum atomic E-state index is 0.653. The van der Waals surface area contributed by atoms with Gasteiger partial charge >= 0.3 is 0 Å². The molecule has 0 atom stereocenters. The molecule has 19 heavy (non-hydrogen) atoms. The van der Waals surface area contributed by atoms with E-state index in [2.05, 4.69) is 20.3 Å². The first-order valence-electron chi connectivity index (χ1n) is 6.43. The first-order chi connectivity index (χ1) is 9.38. The zero-order valence-corrected chi connectivity index (χ0v) is 10.9. The highest BCUT2D eigenvalue weighted by atomic mass is 16.5. The minimum Gasteiger partial charge on any atom is -0.481 e. The van der Waals surface area contributed by atoms with Crippen LogP contribution in [-0.4, -0.2) is 22.1 Å². The van der Waals surface area contributed by atoms with E-state index in [1.54, 1.807) is 19.6 Å². The number of aryl methyl sites for hydroxylation is 1. The molecule has 0 radical (unpaired) electrons. The molecule has 1 aliphatic rings. The molecule has 3 rings (SSSR count). The maximum atomic E-state index is 5.24. The average Bonchev–Trinajstić information content (AvgIpc) is 2.94. The zero-order valence-electron chi connectivity index (χ0n) is 10.9. The van der Waals surface area contributed by atoms with Crippen LogP contribution in [0, 0.1) is 0 Å². The maximum absolute atomic E-state index is 5.24. The summed E-state index contributed by atoms with van der Waals surface area (Å²) >= 11 is 0. The van der Waals surface area contributed by atoms with Gasteiger partial charge in [0, 0.05) is 29.6 Å². The molecule has 2 heterocycles. The number of hydrogen-bond acceptors (Lipinski definition) is 5. The van der Waals surface area contributed by atoms with Crippen LogP contribution in [0.25, 0.3) is 0 Å². The summed E-state index contributed by atoms with van der Waals surface area (Å²) in [5, 5.41) is 3.36. The van der Waals surface area contributed by atoms with E-state index >= 15 is 0 Å². The smallest absolute Gasteiger partial charge is 0.218 e. The lowest BCUT2D eigenvalue weighted by atomic mass is 10.2. The van der Waals surface area contributed by atoms with E-state index < -0.39 is 0 Å². The molecule has 0 spiro atoms. The van der Waals surface area contributed by atoms with Crippen molar-refractivity contribution in [3.05, 3.63) is 41.5 Å². The second-order valence-corrected chi connectivity index (χ2v) is 4.53. The number of methoxy groups -OCH3 is 1. The zero-order chi connectivity index (χ0) is 13.1. The highest BCUT2D eigenvalue weighted by Gasteiger charge is 2.17. The lowest BCUT2D eigenvalue weighted by molar-refractivity contribution is 0.393. The quantitative estimate of drug-likeness (QED) is 0.906. The molecule has 1 N–H and O–H groups in total. The van der Waals surface area contributed by atoms with Gasteiger partial charge in [0.1, 0.15) is 12.1 Å². The highest BCUT2D eigenvalue weighted by Crippen LogP contribution is 2.25. The van der Waals surface area contributed by atoms with Gasteiger partial charge in [0.15, 0.2) is 0 Å². The third-order valence-corrected chi connectivity index (χ3v) is 3.36. The lowest BCUT2D eigenvalue weighted by Gasteiger charge is -2.11. The molecule has 2 aromatic heterocycles. The van der Waals surface area contributed by atoms with Crippen LogP contribution in [0.4, 0.5) is 5.82 Å². The van der Waals surface area contributed by atoms with Crippen molar-refractivity contribution in [3.8, 4) is 5.88 Å². The summed E-state index contributed by atoms with van der Waals surface area (Å²) < 4.78 is 5.24. The Morgan fingerprint density at radius 3 is 3.11 bits per heavy atom. The fourth-order valence-electron chi connectivity index (χ4n) is 2.43. The van der Waals surface area contributed by atoms with Gasteiger partial charge in [0.05, 0.1) is 7.11 Å². The van der Waals surface area contributed by atoms with Crippen LogP contribution in [-0.2, 0) is 19.4 Å². The fourth-order valence-corrected chi connectivity index (χ4v) is 2.43. The highest BCUT2D eigenvalue weighted by molar-refractivity contribution is 5.48. The summed E-state index contributed by atoms with van der Waals surface area (Å²) in [7, 11) is 1.63. The van der Waals surface area contributed by atoms with Gasteiger partial charge in [-0.2, -0.15) is 0 Å². The summed E-state index contributed by atoms with van der Waals surface area (Å²) in [5.41, 5.74) is 3.45. The van der Waals surface area contributed by atoms with Crippen molar-refractivity contribution in [2.45, 2.75) is 25.8 Å². The summed E-state index contributed by atoms with van der Waals surface area (Å²) in [6.45, 7) is 0.653. The van der Waals surface area contributed by atoms with Crippen molar-refractivity contribution in [3.63, 3.8) is 0 Å². The third kappa shape index (κ3) is 2.36. The fraction of sp³-hybridized carbons (Fsp3) is 0.357. The van der Waals surface area contributed by atoms with Crippen LogP contribution in [0.3, 0.4) is 0 Å². The molecule has 98 valence electrons. The SMILES string of the molecule is COc1ncccc1CNc1ncnc2c1CCC2. The number of anilines is 1. The van der Waals surface area contributed by atoms with E-state index in [0.717, 1.165) is 24.2 Å². The van der Waals surface area contributed by atoms with Gasteiger partial charge < -0.3 is 10.1 Å². The van der Waals surface area contributed by atoms with E-state index in [4.69, 9.17) is 4.74 Å². The van der Waals surface area contributed by atoms with Crippen LogP contribution >= 0.6 is 0 Å². The molecular weight excluding hydrogens is 240 g/mol. The van der Waals surface area contributed by atoms with Crippen molar-refractivity contribution >= 4 is 5.82 Å². The molecule has 0 aliphatic heterocycles. The van der Waals surface area contributed by atoms with E-state index in [9.17, 15) is 0 Å². The van der Waals surface area contributed by atoms with Gasteiger partial charge in [-0.15, -0.1) is 0 Å². The van der Waals surface area contributed by atoms with Gasteiger partial charge in [-0.25, -0.2) is 15.0 Å². The number of aromatic nitrogens is 3. The van der Waals surface area contributed by atoms with Crippen LogP contribution in [0.15, 0.2) is 24.7 Å². The predicted molar refractivity (Wildman–Crippen MR) is 72.2 cm³/mol. The molecule has 0 unspecified atom stereocenters. The van der Waals surface area contributed by atoms with Gasteiger partial charge in [-0.3, -0.25) is 0 Å². The number of pyridine rings is 1. The van der Waals surface area contributed by atoms with Gasteiger partial charge in [-0.1, -0.05) is 6.07 Å². The van der Waals surface area contributed by atoms with Crippen molar-refractivity contribution in [1.82, 2.24) is 15.0 Å². The van der Waals surface area contributed by atoms with Crippen LogP contribution in [0.1, 0.15) is 23.2 Å². The monoisotopic (exact) mass is 256 g/mol. The van der Waals surface area contributed by atoms with Crippen LogP contribution < -0.4 is 10.1 Å². The molecule has 0 amide bonds. The first-order valence-corrected chi connectivity index (χ1v) is 6.43. The Hall–Kier alpha value is -2.17.